The number of halogens is 2. The van der Waals surface area contributed by atoms with E-state index in [2.05, 4.69) is 0 Å². The van der Waals surface area contributed by atoms with Gasteiger partial charge in [-0.25, -0.2) is 0 Å². The molecular weight excluding hydrogens is 199 g/mol. The molecule has 0 heterocycles. The predicted molar refractivity (Wildman–Crippen MR) is 57.2 cm³/mol. The molecule has 0 amide bonds. The van der Waals surface area contributed by atoms with Crippen molar-refractivity contribution in [2.75, 3.05) is 11.5 Å². The van der Waals surface area contributed by atoms with Crippen LogP contribution in [0.4, 0.5) is 0 Å². The van der Waals surface area contributed by atoms with E-state index >= 15 is 0 Å². The Morgan fingerprint density at radius 1 is 1.00 bits per heavy atom. The Bertz CT molecular complexity index is 74.2. The molecule has 0 saturated heterocycles. The fraction of sp³-hybridized carbons (Fsp3) is 1.00. The average molecular weight is 215 g/mol. The third-order valence-corrected chi connectivity index (χ3v) is 2.81. The zero-order chi connectivity index (χ0) is 8.69. The SMILES string of the molecule is CC(Cl)CCSCCC(C)Cl. The molecule has 0 fully saturated rings. The molecule has 0 rings (SSSR count). The summed E-state index contributed by atoms with van der Waals surface area (Å²) in [5.41, 5.74) is 0. The van der Waals surface area contributed by atoms with Crippen LogP contribution in [0.2, 0.25) is 0 Å². The third-order valence-electron chi connectivity index (χ3n) is 1.32. The van der Waals surface area contributed by atoms with Crippen molar-refractivity contribution in [3.63, 3.8) is 0 Å². The molecule has 0 aliphatic carbocycles. The van der Waals surface area contributed by atoms with Crippen molar-refractivity contribution in [3.8, 4) is 0 Å². The summed E-state index contributed by atoms with van der Waals surface area (Å²) in [7, 11) is 0. The minimum atomic E-state index is 0.316. The van der Waals surface area contributed by atoms with Gasteiger partial charge in [0.15, 0.2) is 0 Å². The van der Waals surface area contributed by atoms with Gasteiger partial charge in [0, 0.05) is 10.8 Å². The molecule has 0 saturated carbocycles. The van der Waals surface area contributed by atoms with Crippen molar-refractivity contribution < 1.29 is 0 Å². The van der Waals surface area contributed by atoms with Crippen LogP contribution >= 0.6 is 35.0 Å². The third kappa shape index (κ3) is 10.9. The van der Waals surface area contributed by atoms with Crippen LogP contribution in [0.25, 0.3) is 0 Å². The highest BCUT2D eigenvalue weighted by Gasteiger charge is 1.98. The van der Waals surface area contributed by atoms with Gasteiger partial charge in [-0.05, 0) is 38.2 Å². The minimum Gasteiger partial charge on any atom is -0.162 e. The van der Waals surface area contributed by atoms with Crippen LogP contribution in [-0.2, 0) is 0 Å². The molecule has 0 spiro atoms. The zero-order valence-corrected chi connectivity index (χ0v) is 9.48. The summed E-state index contributed by atoms with van der Waals surface area (Å²) in [5.74, 6) is 2.32. The maximum absolute atomic E-state index is 5.78. The van der Waals surface area contributed by atoms with Gasteiger partial charge in [-0.3, -0.25) is 0 Å². The largest absolute Gasteiger partial charge is 0.162 e. The van der Waals surface area contributed by atoms with Crippen molar-refractivity contribution >= 4 is 35.0 Å². The highest BCUT2D eigenvalue weighted by molar-refractivity contribution is 7.99. The van der Waals surface area contributed by atoms with Gasteiger partial charge in [0.2, 0.25) is 0 Å². The second kappa shape index (κ2) is 7.57. The predicted octanol–water partition coefficient (Wildman–Crippen LogP) is 3.75. The number of hydrogen-bond acceptors (Lipinski definition) is 1. The van der Waals surface area contributed by atoms with Crippen LogP contribution in [0, 0.1) is 0 Å². The minimum absolute atomic E-state index is 0.316. The molecule has 2 atom stereocenters. The van der Waals surface area contributed by atoms with E-state index in [1.807, 2.05) is 25.6 Å². The standard InChI is InChI=1S/C8H16Cl2S/c1-7(9)3-5-11-6-4-8(2)10/h7-8H,3-6H2,1-2H3. The summed E-state index contributed by atoms with van der Waals surface area (Å²) in [6.07, 6.45) is 2.20. The Morgan fingerprint density at radius 2 is 1.36 bits per heavy atom. The fourth-order valence-electron chi connectivity index (χ4n) is 0.594. The number of rotatable bonds is 6. The molecule has 0 aromatic heterocycles. The highest BCUT2D eigenvalue weighted by Crippen LogP contribution is 2.12. The quantitative estimate of drug-likeness (QED) is 0.480. The first kappa shape index (κ1) is 11.9. The maximum Gasteiger partial charge on any atom is 0.0315 e. The van der Waals surface area contributed by atoms with Crippen LogP contribution in [0.1, 0.15) is 26.7 Å². The molecule has 68 valence electrons. The van der Waals surface area contributed by atoms with Crippen LogP contribution in [0.3, 0.4) is 0 Å². The van der Waals surface area contributed by atoms with Gasteiger partial charge < -0.3 is 0 Å². The molecule has 0 aliphatic heterocycles. The lowest BCUT2D eigenvalue weighted by Crippen LogP contribution is -1.96. The van der Waals surface area contributed by atoms with Gasteiger partial charge >= 0.3 is 0 Å². The molecule has 0 aromatic rings. The van der Waals surface area contributed by atoms with Gasteiger partial charge in [0.05, 0.1) is 0 Å². The first-order chi connectivity index (χ1) is 5.13. The highest BCUT2D eigenvalue weighted by atomic mass is 35.5. The van der Waals surface area contributed by atoms with Crippen molar-refractivity contribution in [2.45, 2.75) is 37.4 Å². The van der Waals surface area contributed by atoms with Gasteiger partial charge in [-0.1, -0.05) is 0 Å². The normalized spacial score (nSPS) is 16.4. The summed E-state index contributed by atoms with van der Waals surface area (Å²) >= 11 is 13.5. The second-order valence-corrected chi connectivity index (χ2v) is 5.47. The molecule has 11 heavy (non-hydrogen) atoms. The Morgan fingerprint density at radius 3 is 1.64 bits per heavy atom. The Balaban J connectivity index is 2.91. The van der Waals surface area contributed by atoms with Gasteiger partial charge in [0.1, 0.15) is 0 Å². The molecule has 0 radical (unpaired) electrons. The van der Waals surface area contributed by atoms with Crippen molar-refractivity contribution in [3.05, 3.63) is 0 Å². The molecule has 0 aliphatic rings. The Hall–Kier alpha value is 0.930. The summed E-state index contributed by atoms with van der Waals surface area (Å²) in [5, 5.41) is 0.631. The number of thioether (sulfide) groups is 1. The monoisotopic (exact) mass is 214 g/mol. The molecular formula is C8H16Cl2S. The number of hydrogen-bond donors (Lipinski definition) is 0. The topological polar surface area (TPSA) is 0 Å². The van der Waals surface area contributed by atoms with Crippen LogP contribution in [-0.4, -0.2) is 22.3 Å². The Labute approximate surface area is 84.0 Å². The molecule has 2 unspecified atom stereocenters. The van der Waals surface area contributed by atoms with E-state index in [-0.39, 0.29) is 0 Å². The van der Waals surface area contributed by atoms with E-state index in [9.17, 15) is 0 Å². The fourth-order valence-corrected chi connectivity index (χ4v) is 2.32. The first-order valence-electron chi connectivity index (χ1n) is 3.98. The smallest absolute Gasteiger partial charge is 0.0315 e. The zero-order valence-electron chi connectivity index (χ0n) is 7.15. The van der Waals surface area contributed by atoms with Gasteiger partial charge in [-0.2, -0.15) is 11.8 Å². The van der Waals surface area contributed by atoms with Gasteiger partial charge in [-0.15, -0.1) is 23.2 Å². The second-order valence-electron chi connectivity index (χ2n) is 2.75. The first-order valence-corrected chi connectivity index (χ1v) is 6.01. The lowest BCUT2D eigenvalue weighted by Gasteiger charge is -2.03. The summed E-state index contributed by atoms with van der Waals surface area (Å²) in [6, 6.07) is 0. The van der Waals surface area contributed by atoms with Gasteiger partial charge in [0.25, 0.3) is 0 Å². The van der Waals surface area contributed by atoms with E-state index in [0.29, 0.717) is 10.8 Å². The summed E-state index contributed by atoms with van der Waals surface area (Å²) < 4.78 is 0. The van der Waals surface area contributed by atoms with E-state index in [0.717, 1.165) is 24.3 Å². The van der Waals surface area contributed by atoms with Crippen LogP contribution in [0.15, 0.2) is 0 Å². The van der Waals surface area contributed by atoms with E-state index in [4.69, 9.17) is 23.2 Å². The average Bonchev–Trinajstić information content (AvgIpc) is 1.85. The molecule has 0 aromatic carbocycles. The van der Waals surface area contributed by atoms with Crippen molar-refractivity contribution in [1.29, 1.82) is 0 Å². The van der Waals surface area contributed by atoms with Crippen molar-refractivity contribution in [2.24, 2.45) is 0 Å². The van der Waals surface area contributed by atoms with E-state index < -0.39 is 0 Å². The van der Waals surface area contributed by atoms with E-state index in [1.54, 1.807) is 0 Å². The molecule has 0 N–H and O–H groups in total. The van der Waals surface area contributed by atoms with E-state index in [1.165, 1.54) is 0 Å². The summed E-state index contributed by atoms with van der Waals surface area (Å²) in [6.45, 7) is 4.07. The lowest BCUT2D eigenvalue weighted by atomic mass is 10.4. The maximum atomic E-state index is 5.78. The lowest BCUT2D eigenvalue weighted by molar-refractivity contribution is 0.888. The number of alkyl halides is 2. The van der Waals surface area contributed by atoms with Crippen molar-refractivity contribution in [1.82, 2.24) is 0 Å². The van der Waals surface area contributed by atoms with Crippen LogP contribution < -0.4 is 0 Å². The molecule has 3 heteroatoms. The van der Waals surface area contributed by atoms with Crippen LogP contribution in [0.5, 0.6) is 0 Å². The summed E-state index contributed by atoms with van der Waals surface area (Å²) in [4.78, 5) is 0. The Kier molecular flexibility index (Phi) is 8.21. The molecule has 0 bridgehead atoms. The molecule has 0 nitrogen and oxygen atoms in total.